The van der Waals surface area contributed by atoms with Gasteiger partial charge in [-0.25, -0.2) is 0 Å². The van der Waals surface area contributed by atoms with Crippen LogP contribution in [0.1, 0.15) is 65.2 Å². The Morgan fingerprint density at radius 3 is 2.29 bits per heavy atom. The molecule has 5 nitrogen and oxygen atoms in total. The van der Waals surface area contributed by atoms with Crippen LogP contribution in [0, 0.1) is 17.8 Å². The third kappa shape index (κ3) is 3.22. The topological polar surface area (TPSA) is 65.2 Å². The molecule has 0 spiro atoms. The molecular weight excluding hydrogens is 324 g/mol. The highest BCUT2D eigenvalue weighted by Crippen LogP contribution is 2.60. The van der Waals surface area contributed by atoms with Crippen LogP contribution in [-0.4, -0.2) is 27.5 Å². The Morgan fingerprint density at radius 1 is 1.17 bits per heavy atom. The highest BCUT2D eigenvalue weighted by Gasteiger charge is 2.54. The van der Waals surface area contributed by atoms with Crippen molar-refractivity contribution in [2.24, 2.45) is 17.8 Å². The normalized spacial score (nSPS) is 34.5. The fourth-order valence-corrected chi connectivity index (χ4v) is 5.88. The summed E-state index contributed by atoms with van der Waals surface area (Å²) in [4.78, 5) is 11.8. The van der Waals surface area contributed by atoms with Crippen molar-refractivity contribution in [3.8, 4) is 0 Å². The van der Waals surface area contributed by atoms with Crippen LogP contribution in [-0.2, 0) is 14.9 Å². The second kappa shape index (κ2) is 5.75. The zero-order valence-electron chi connectivity index (χ0n) is 14.7. The molecule has 4 fully saturated rings. The Hall–Kier alpha value is -1.04. The Balaban J connectivity index is 1.41. The number of aromatic nitrogens is 2. The van der Waals surface area contributed by atoms with E-state index in [2.05, 4.69) is 10.2 Å². The van der Waals surface area contributed by atoms with E-state index in [1.54, 1.807) is 0 Å². The van der Waals surface area contributed by atoms with Gasteiger partial charge in [0.2, 0.25) is 5.89 Å². The summed E-state index contributed by atoms with van der Waals surface area (Å²) in [5, 5.41) is 9.04. The standard InChI is InChI=1S/C18H26N2O3S/c1-17(2,3)23-14(21)10-24-16-20-19-15(22-16)18-7-11-4-12(8-18)6-13(5-11)9-18/h11-13H,4-10H2,1-3H3. The maximum atomic E-state index is 11.8. The van der Waals surface area contributed by atoms with Crippen LogP contribution in [0.3, 0.4) is 0 Å². The van der Waals surface area contributed by atoms with E-state index >= 15 is 0 Å². The second-order valence-corrected chi connectivity index (χ2v) is 9.87. The number of carbonyl (C=O) groups is 1. The van der Waals surface area contributed by atoms with Gasteiger partial charge >= 0.3 is 5.97 Å². The number of thioether (sulfide) groups is 1. The van der Waals surface area contributed by atoms with Gasteiger partial charge in [0, 0.05) is 5.41 Å². The Labute approximate surface area is 147 Å². The molecule has 4 bridgehead atoms. The van der Waals surface area contributed by atoms with Gasteiger partial charge in [0.25, 0.3) is 5.22 Å². The SMILES string of the molecule is CC(C)(C)OC(=O)CSc1nnc(C23CC4CC(CC(C4)C2)C3)o1. The summed E-state index contributed by atoms with van der Waals surface area (Å²) >= 11 is 1.28. The zero-order chi connectivity index (χ0) is 16.9. The molecule has 24 heavy (non-hydrogen) atoms. The van der Waals surface area contributed by atoms with E-state index in [1.165, 1.54) is 50.3 Å². The fraction of sp³-hybridized carbons (Fsp3) is 0.833. The number of rotatable bonds is 4. The van der Waals surface area contributed by atoms with Crippen LogP contribution in [0.2, 0.25) is 0 Å². The van der Waals surface area contributed by atoms with Crippen molar-refractivity contribution in [1.29, 1.82) is 0 Å². The maximum absolute atomic E-state index is 11.8. The molecule has 4 aliphatic carbocycles. The average molecular weight is 350 g/mol. The maximum Gasteiger partial charge on any atom is 0.316 e. The van der Waals surface area contributed by atoms with Gasteiger partial charge in [0.1, 0.15) is 11.4 Å². The number of nitrogens with zero attached hydrogens (tertiary/aromatic N) is 2. The highest BCUT2D eigenvalue weighted by molar-refractivity contribution is 7.99. The Morgan fingerprint density at radius 2 is 1.75 bits per heavy atom. The molecular formula is C18H26N2O3S. The van der Waals surface area contributed by atoms with Crippen LogP contribution >= 0.6 is 11.8 Å². The summed E-state index contributed by atoms with van der Waals surface area (Å²) in [5.74, 6) is 3.32. The van der Waals surface area contributed by atoms with Crippen molar-refractivity contribution in [2.75, 3.05) is 5.75 Å². The molecule has 5 rings (SSSR count). The van der Waals surface area contributed by atoms with Gasteiger partial charge in [-0.1, -0.05) is 11.8 Å². The molecule has 4 aliphatic rings. The van der Waals surface area contributed by atoms with Crippen molar-refractivity contribution < 1.29 is 13.9 Å². The number of ether oxygens (including phenoxy) is 1. The molecule has 0 aromatic carbocycles. The average Bonchev–Trinajstić information content (AvgIpc) is 2.91. The van der Waals surface area contributed by atoms with E-state index in [1.807, 2.05) is 20.8 Å². The van der Waals surface area contributed by atoms with Crippen molar-refractivity contribution in [3.05, 3.63) is 5.89 Å². The highest BCUT2D eigenvalue weighted by atomic mass is 32.2. The van der Waals surface area contributed by atoms with E-state index in [0.29, 0.717) is 5.22 Å². The van der Waals surface area contributed by atoms with Gasteiger partial charge in [-0.05, 0) is 77.0 Å². The first-order valence-corrected chi connectivity index (χ1v) is 9.98. The van der Waals surface area contributed by atoms with Crippen LogP contribution in [0.5, 0.6) is 0 Å². The van der Waals surface area contributed by atoms with Crippen molar-refractivity contribution in [2.45, 2.75) is 75.5 Å². The summed E-state index contributed by atoms with van der Waals surface area (Å²) in [6, 6.07) is 0. The van der Waals surface area contributed by atoms with Gasteiger partial charge in [-0.15, -0.1) is 10.2 Å². The molecule has 4 saturated carbocycles. The number of hydrogen-bond acceptors (Lipinski definition) is 6. The summed E-state index contributed by atoms with van der Waals surface area (Å²) in [5.41, 5.74) is -0.344. The van der Waals surface area contributed by atoms with Crippen LogP contribution in [0.4, 0.5) is 0 Å². The molecule has 0 radical (unpaired) electrons. The molecule has 0 aliphatic heterocycles. The predicted molar refractivity (Wildman–Crippen MR) is 90.7 cm³/mol. The molecule has 0 atom stereocenters. The summed E-state index contributed by atoms with van der Waals surface area (Å²) < 4.78 is 11.3. The minimum atomic E-state index is -0.461. The van der Waals surface area contributed by atoms with Gasteiger partial charge in [-0.3, -0.25) is 4.79 Å². The van der Waals surface area contributed by atoms with Crippen molar-refractivity contribution in [3.63, 3.8) is 0 Å². The monoisotopic (exact) mass is 350 g/mol. The number of hydrogen-bond donors (Lipinski definition) is 0. The molecule has 0 saturated heterocycles. The van der Waals surface area contributed by atoms with Gasteiger partial charge < -0.3 is 9.15 Å². The van der Waals surface area contributed by atoms with E-state index in [0.717, 1.165) is 23.6 Å². The first-order valence-electron chi connectivity index (χ1n) is 9.00. The first kappa shape index (κ1) is 16.4. The number of esters is 1. The molecule has 0 unspecified atom stereocenters. The van der Waals surface area contributed by atoms with Crippen molar-refractivity contribution >= 4 is 17.7 Å². The summed E-state index contributed by atoms with van der Waals surface area (Å²) in [7, 11) is 0. The van der Waals surface area contributed by atoms with Gasteiger partial charge in [0.15, 0.2) is 0 Å². The minimum absolute atomic E-state index is 0.118. The molecule has 132 valence electrons. The lowest BCUT2D eigenvalue weighted by Crippen LogP contribution is -2.48. The summed E-state index contributed by atoms with van der Waals surface area (Å²) in [6.07, 6.45) is 7.81. The minimum Gasteiger partial charge on any atom is -0.459 e. The molecule has 1 heterocycles. The lowest BCUT2D eigenvalue weighted by molar-refractivity contribution is -0.151. The zero-order valence-corrected chi connectivity index (χ0v) is 15.5. The third-order valence-corrected chi connectivity index (χ3v) is 6.42. The van der Waals surface area contributed by atoms with Gasteiger partial charge in [0.05, 0.1) is 0 Å². The van der Waals surface area contributed by atoms with E-state index in [4.69, 9.17) is 9.15 Å². The predicted octanol–water partition coefficient (Wildman–Crippen LogP) is 3.97. The van der Waals surface area contributed by atoms with Crippen LogP contribution in [0.25, 0.3) is 0 Å². The van der Waals surface area contributed by atoms with Crippen molar-refractivity contribution in [1.82, 2.24) is 10.2 Å². The third-order valence-electron chi connectivity index (χ3n) is 5.63. The molecule has 1 aromatic rings. The van der Waals surface area contributed by atoms with Crippen LogP contribution < -0.4 is 0 Å². The largest absolute Gasteiger partial charge is 0.459 e. The van der Waals surface area contributed by atoms with E-state index in [-0.39, 0.29) is 17.1 Å². The molecule has 6 heteroatoms. The van der Waals surface area contributed by atoms with E-state index in [9.17, 15) is 4.79 Å². The summed E-state index contributed by atoms with van der Waals surface area (Å²) in [6.45, 7) is 5.61. The quantitative estimate of drug-likeness (QED) is 0.605. The van der Waals surface area contributed by atoms with E-state index < -0.39 is 5.60 Å². The lowest BCUT2D eigenvalue weighted by atomic mass is 9.49. The number of carbonyl (C=O) groups excluding carboxylic acids is 1. The fourth-order valence-electron chi connectivity index (χ4n) is 5.35. The smallest absolute Gasteiger partial charge is 0.316 e. The van der Waals surface area contributed by atoms with Gasteiger partial charge in [-0.2, -0.15) is 0 Å². The Bertz CT molecular complexity index is 599. The second-order valence-electron chi connectivity index (χ2n) is 8.95. The molecule has 0 amide bonds. The molecule has 0 N–H and O–H groups in total. The Kier molecular flexibility index (Phi) is 3.94. The van der Waals surface area contributed by atoms with Crippen LogP contribution in [0.15, 0.2) is 9.64 Å². The first-order chi connectivity index (χ1) is 11.3. The lowest BCUT2D eigenvalue weighted by Gasteiger charge is -2.55. The molecule has 1 aromatic heterocycles.